The summed E-state index contributed by atoms with van der Waals surface area (Å²) in [5.41, 5.74) is 0.00213. The number of benzene rings is 2. The second-order valence-electron chi connectivity index (χ2n) is 11.3. The smallest absolute Gasteiger partial charge is 0.319 e. The third kappa shape index (κ3) is 4.34. The first kappa shape index (κ1) is 27.2. The summed E-state index contributed by atoms with van der Waals surface area (Å²) in [7, 11) is 0. The fraction of sp³-hybridized carbons (Fsp3) is 0.469. The molecule has 2 aromatic heterocycles. The number of halogens is 2. The zero-order chi connectivity index (χ0) is 28.8. The van der Waals surface area contributed by atoms with Crippen molar-refractivity contribution in [2.45, 2.75) is 51.1 Å². The number of nitrogens with one attached hydrogen (secondary N) is 1. The molecule has 8 rings (SSSR count). The van der Waals surface area contributed by atoms with Crippen molar-refractivity contribution in [3.63, 3.8) is 0 Å². The van der Waals surface area contributed by atoms with E-state index in [1.807, 2.05) is 32.0 Å². The average Bonchev–Trinajstić information content (AvgIpc) is 3.57. The predicted octanol–water partition coefficient (Wildman–Crippen LogP) is 5.33. The van der Waals surface area contributed by atoms with Gasteiger partial charge in [-0.15, -0.1) is 0 Å². The molecule has 10 heteroatoms. The van der Waals surface area contributed by atoms with Gasteiger partial charge in [0.05, 0.1) is 11.6 Å². The molecule has 0 unspecified atom stereocenters. The van der Waals surface area contributed by atoms with Gasteiger partial charge in [-0.05, 0) is 55.6 Å². The Morgan fingerprint density at radius 2 is 1.83 bits per heavy atom. The maximum absolute atomic E-state index is 16.6. The van der Waals surface area contributed by atoms with Crippen LogP contribution in [-0.4, -0.2) is 77.4 Å². The van der Waals surface area contributed by atoms with E-state index in [1.165, 1.54) is 6.07 Å². The topological polar surface area (TPSA) is 75.6 Å². The third-order valence-corrected chi connectivity index (χ3v) is 9.14. The van der Waals surface area contributed by atoms with Gasteiger partial charge in [0.25, 0.3) is 0 Å². The van der Waals surface area contributed by atoms with Gasteiger partial charge >= 0.3 is 6.01 Å². The minimum atomic E-state index is -0.707. The zero-order valence-electron chi connectivity index (χ0n) is 24.1. The number of aromatic nitrogens is 3. The maximum atomic E-state index is 16.6. The van der Waals surface area contributed by atoms with Gasteiger partial charge in [0.2, 0.25) is 5.88 Å². The Balaban J connectivity index is 0.00000141. The summed E-state index contributed by atoms with van der Waals surface area (Å²) in [6, 6.07) is 10.5. The van der Waals surface area contributed by atoms with Crippen LogP contribution in [0.5, 0.6) is 11.9 Å². The highest BCUT2D eigenvalue weighted by molar-refractivity contribution is 6.01. The molecule has 0 spiro atoms. The molecule has 3 saturated heterocycles. The van der Waals surface area contributed by atoms with E-state index < -0.39 is 11.6 Å². The van der Waals surface area contributed by atoms with Crippen LogP contribution in [0.15, 0.2) is 36.4 Å². The lowest BCUT2D eigenvalue weighted by atomic mass is 9.95. The zero-order valence-corrected chi connectivity index (χ0v) is 24.1. The molecule has 0 bridgehead atoms. The highest BCUT2D eigenvalue weighted by atomic mass is 19.1. The van der Waals surface area contributed by atoms with Crippen LogP contribution in [0.3, 0.4) is 0 Å². The van der Waals surface area contributed by atoms with Crippen molar-refractivity contribution in [3.8, 4) is 23.1 Å². The van der Waals surface area contributed by atoms with E-state index in [9.17, 15) is 0 Å². The Morgan fingerprint density at radius 3 is 2.67 bits per heavy atom. The fourth-order valence-electron chi connectivity index (χ4n) is 7.16. The van der Waals surface area contributed by atoms with Crippen molar-refractivity contribution in [2.24, 2.45) is 0 Å². The van der Waals surface area contributed by atoms with Gasteiger partial charge in [-0.25, -0.2) is 13.8 Å². The summed E-state index contributed by atoms with van der Waals surface area (Å²) in [6.45, 7) is 9.10. The summed E-state index contributed by atoms with van der Waals surface area (Å²) in [5, 5.41) is 5.17. The lowest BCUT2D eigenvalue weighted by molar-refractivity contribution is 0.108. The Labute approximate surface area is 244 Å². The first-order valence-electron chi connectivity index (χ1n) is 15.2. The molecule has 42 heavy (non-hydrogen) atoms. The maximum Gasteiger partial charge on any atom is 0.319 e. The van der Waals surface area contributed by atoms with Crippen molar-refractivity contribution in [3.05, 3.63) is 48.0 Å². The number of pyridine rings is 1. The first-order valence-corrected chi connectivity index (χ1v) is 15.2. The number of rotatable bonds is 4. The van der Waals surface area contributed by atoms with Gasteiger partial charge in [-0.2, -0.15) is 9.97 Å². The monoisotopic (exact) mass is 574 g/mol. The average molecular weight is 575 g/mol. The van der Waals surface area contributed by atoms with Gasteiger partial charge in [-0.3, -0.25) is 4.90 Å². The molecule has 0 radical (unpaired) electrons. The number of fused-ring (bicyclic) bond motifs is 4. The van der Waals surface area contributed by atoms with E-state index in [0.29, 0.717) is 42.9 Å². The summed E-state index contributed by atoms with van der Waals surface area (Å²) >= 11 is 0. The van der Waals surface area contributed by atoms with Crippen molar-refractivity contribution in [2.75, 3.05) is 50.8 Å². The molecule has 8 nitrogen and oxygen atoms in total. The van der Waals surface area contributed by atoms with Crippen molar-refractivity contribution >= 4 is 27.5 Å². The van der Waals surface area contributed by atoms with Crippen molar-refractivity contribution in [1.82, 2.24) is 25.2 Å². The SMILES string of the molecule is CC.Fc1ccc2ccccc2c1-c1nc2c3c(nc(OCC45CCCN4CCC5)nc3c1F)N1CCNC[C@H]1CO2. The molecule has 6 heterocycles. The summed E-state index contributed by atoms with van der Waals surface area (Å²) in [4.78, 5) is 18.7. The van der Waals surface area contributed by atoms with E-state index in [1.54, 1.807) is 12.1 Å². The largest absolute Gasteiger partial charge is 0.475 e. The second-order valence-corrected chi connectivity index (χ2v) is 11.3. The Bertz CT molecular complexity index is 1640. The summed E-state index contributed by atoms with van der Waals surface area (Å²) < 4.78 is 44.5. The van der Waals surface area contributed by atoms with E-state index in [2.05, 4.69) is 25.1 Å². The molecule has 0 aliphatic carbocycles. The molecule has 1 atom stereocenters. The molecule has 4 aromatic rings. The summed E-state index contributed by atoms with van der Waals surface area (Å²) in [6.07, 6.45) is 4.45. The Hall–Kier alpha value is -3.63. The van der Waals surface area contributed by atoms with E-state index in [-0.39, 0.29) is 40.2 Å². The van der Waals surface area contributed by atoms with Gasteiger partial charge < -0.3 is 19.7 Å². The van der Waals surface area contributed by atoms with Crippen LogP contribution in [0.4, 0.5) is 14.6 Å². The number of ether oxygens (including phenoxy) is 2. The van der Waals surface area contributed by atoms with E-state index >= 15 is 8.78 Å². The highest BCUT2D eigenvalue weighted by Crippen LogP contribution is 2.43. The number of hydrogen-bond donors (Lipinski definition) is 1. The van der Waals surface area contributed by atoms with Crippen LogP contribution in [0, 0.1) is 11.6 Å². The van der Waals surface area contributed by atoms with Gasteiger partial charge in [-0.1, -0.05) is 44.2 Å². The normalized spacial score (nSPS) is 20.9. The van der Waals surface area contributed by atoms with E-state index in [0.717, 1.165) is 50.7 Å². The fourth-order valence-corrected chi connectivity index (χ4v) is 7.16. The molecule has 4 aliphatic rings. The molecule has 4 aliphatic heterocycles. The number of piperazine rings is 1. The van der Waals surface area contributed by atoms with Gasteiger partial charge in [0, 0.05) is 25.2 Å². The second kappa shape index (κ2) is 10.9. The molecule has 0 amide bonds. The Kier molecular flexibility index (Phi) is 7.06. The molecular weight excluding hydrogens is 538 g/mol. The van der Waals surface area contributed by atoms with Gasteiger partial charge in [0.1, 0.15) is 41.4 Å². The van der Waals surface area contributed by atoms with Crippen molar-refractivity contribution < 1.29 is 18.3 Å². The quantitative estimate of drug-likeness (QED) is 0.351. The molecule has 0 saturated carbocycles. The van der Waals surface area contributed by atoms with Crippen LogP contribution < -0.4 is 19.7 Å². The van der Waals surface area contributed by atoms with Crippen LogP contribution in [-0.2, 0) is 0 Å². The number of anilines is 1. The van der Waals surface area contributed by atoms with Crippen LogP contribution in [0.1, 0.15) is 39.5 Å². The number of nitrogens with zero attached hydrogens (tertiary/aromatic N) is 5. The Morgan fingerprint density at radius 1 is 1.02 bits per heavy atom. The lowest BCUT2D eigenvalue weighted by Gasteiger charge is -2.35. The van der Waals surface area contributed by atoms with Crippen LogP contribution in [0.25, 0.3) is 32.9 Å². The minimum absolute atomic E-state index is 0.00762. The first-order chi connectivity index (χ1) is 20.6. The molecule has 220 valence electrons. The molecule has 2 aromatic carbocycles. The molecular formula is C32H36F2N6O2. The van der Waals surface area contributed by atoms with Crippen LogP contribution in [0.2, 0.25) is 0 Å². The van der Waals surface area contributed by atoms with Crippen LogP contribution >= 0.6 is 0 Å². The standard InChI is InChI=1S/C30H30F2N6O2.C2H6/c31-21-8-7-18-5-1-2-6-20(18)22(21)25-24(32)26-23-27(38-14-11-33-15-19(38)16-39-28(23)34-25)36-29(35-26)40-17-30-9-3-12-37(30)13-4-10-30;1-2/h1-2,5-8,19,33H,3-4,9-17H2;1-2H3/t19-;/m0./s1. The number of hydrogen-bond acceptors (Lipinski definition) is 8. The predicted molar refractivity (Wildman–Crippen MR) is 159 cm³/mol. The minimum Gasteiger partial charge on any atom is -0.475 e. The molecule has 1 N–H and O–H groups in total. The van der Waals surface area contributed by atoms with Gasteiger partial charge in [0.15, 0.2) is 5.82 Å². The lowest BCUT2D eigenvalue weighted by Crippen LogP contribution is -2.53. The van der Waals surface area contributed by atoms with Crippen molar-refractivity contribution in [1.29, 1.82) is 0 Å². The van der Waals surface area contributed by atoms with E-state index in [4.69, 9.17) is 14.5 Å². The summed E-state index contributed by atoms with van der Waals surface area (Å²) in [5.74, 6) is -0.492. The highest BCUT2D eigenvalue weighted by Gasteiger charge is 2.45. The third-order valence-electron chi connectivity index (χ3n) is 9.14. The molecule has 3 fully saturated rings.